The van der Waals surface area contributed by atoms with Crippen LogP contribution in [0.4, 0.5) is 5.69 Å². The van der Waals surface area contributed by atoms with E-state index in [1.165, 1.54) is 10.9 Å². The van der Waals surface area contributed by atoms with Gasteiger partial charge >= 0.3 is 5.69 Å². The molecule has 9 heteroatoms. The fraction of sp³-hybridized carbons (Fsp3) is 0.714. The lowest BCUT2D eigenvalue weighted by Gasteiger charge is -2.41. The molecule has 2 aliphatic rings. The van der Waals surface area contributed by atoms with Gasteiger partial charge in [0.2, 0.25) is 5.91 Å². The fourth-order valence-electron chi connectivity index (χ4n) is 3.44. The van der Waals surface area contributed by atoms with Gasteiger partial charge in [0.15, 0.2) is 0 Å². The summed E-state index contributed by atoms with van der Waals surface area (Å²) in [6.45, 7) is 2.67. The third-order valence-corrected chi connectivity index (χ3v) is 4.63. The van der Waals surface area contributed by atoms with E-state index < -0.39 is 4.92 Å². The zero-order valence-corrected chi connectivity index (χ0v) is 13.1. The van der Waals surface area contributed by atoms with Crippen LogP contribution in [0.15, 0.2) is 12.4 Å². The van der Waals surface area contributed by atoms with Gasteiger partial charge in [0.05, 0.1) is 24.2 Å². The Morgan fingerprint density at radius 3 is 2.96 bits per heavy atom. The fourth-order valence-corrected chi connectivity index (χ4v) is 3.44. The van der Waals surface area contributed by atoms with Gasteiger partial charge in [0.25, 0.3) is 0 Å². The van der Waals surface area contributed by atoms with E-state index in [1.54, 1.807) is 0 Å². The van der Waals surface area contributed by atoms with E-state index in [9.17, 15) is 14.9 Å². The maximum atomic E-state index is 12.6. The third-order valence-electron chi connectivity index (χ3n) is 4.63. The highest BCUT2D eigenvalue weighted by atomic mass is 16.6. The molecule has 3 heterocycles. The average Bonchev–Trinajstić information content (AvgIpc) is 3.16. The van der Waals surface area contributed by atoms with Gasteiger partial charge in [-0.1, -0.05) is 0 Å². The van der Waals surface area contributed by atoms with Crippen LogP contribution in [-0.2, 0) is 16.1 Å². The third kappa shape index (κ3) is 3.35. The van der Waals surface area contributed by atoms with Crippen LogP contribution in [0.5, 0.6) is 0 Å². The summed E-state index contributed by atoms with van der Waals surface area (Å²) >= 11 is 0. The van der Waals surface area contributed by atoms with Crippen molar-refractivity contribution in [1.29, 1.82) is 0 Å². The normalized spacial score (nSPS) is 25.7. The highest BCUT2D eigenvalue weighted by molar-refractivity contribution is 5.76. The van der Waals surface area contributed by atoms with E-state index in [0.29, 0.717) is 25.8 Å². The smallest absolute Gasteiger partial charge is 0.307 e. The second-order valence-corrected chi connectivity index (χ2v) is 6.07. The number of ether oxygens (including phenoxy) is 1. The van der Waals surface area contributed by atoms with Crippen molar-refractivity contribution in [2.45, 2.75) is 31.5 Å². The first-order valence-electron chi connectivity index (χ1n) is 7.80. The molecular weight excluding hydrogens is 302 g/mol. The van der Waals surface area contributed by atoms with Crippen LogP contribution in [0.2, 0.25) is 0 Å². The molecule has 126 valence electrons. The Morgan fingerprint density at radius 1 is 1.48 bits per heavy atom. The van der Waals surface area contributed by atoms with Gasteiger partial charge in [0.1, 0.15) is 18.9 Å². The number of morpholine rings is 1. The quantitative estimate of drug-likeness (QED) is 0.577. The first-order chi connectivity index (χ1) is 11.1. The second-order valence-electron chi connectivity index (χ2n) is 6.07. The molecule has 0 saturated carbocycles. The van der Waals surface area contributed by atoms with E-state index >= 15 is 0 Å². The Bertz CT molecular complexity index is 589. The standard InChI is InChI=1S/C14H21N5O4/c1-16-4-2-3-12(16)13-10-23-6-5-18(13)14(20)9-17-8-11(7-15-17)19(21)22/h7-8,12-13H,2-6,9-10H2,1H3. The van der Waals surface area contributed by atoms with Gasteiger partial charge in [-0.3, -0.25) is 19.6 Å². The molecule has 3 rings (SSSR count). The molecule has 2 unspecified atom stereocenters. The van der Waals surface area contributed by atoms with E-state index in [-0.39, 0.29) is 24.2 Å². The van der Waals surface area contributed by atoms with Gasteiger partial charge < -0.3 is 14.5 Å². The number of carbonyl (C=O) groups is 1. The average molecular weight is 323 g/mol. The van der Waals surface area contributed by atoms with Crippen molar-refractivity contribution in [2.24, 2.45) is 0 Å². The van der Waals surface area contributed by atoms with E-state index in [4.69, 9.17) is 4.74 Å². The maximum absolute atomic E-state index is 12.6. The lowest BCUT2D eigenvalue weighted by atomic mass is 10.0. The molecule has 0 aliphatic carbocycles. The summed E-state index contributed by atoms with van der Waals surface area (Å²) in [5.41, 5.74) is -0.105. The van der Waals surface area contributed by atoms with Crippen LogP contribution in [0.1, 0.15) is 12.8 Å². The Balaban J connectivity index is 1.69. The number of carbonyl (C=O) groups excluding carboxylic acids is 1. The highest BCUT2D eigenvalue weighted by Gasteiger charge is 2.37. The SMILES string of the molecule is CN1CCCC1C1COCCN1C(=O)Cn1cc([N+](=O)[O-])cn1. The Labute approximate surface area is 133 Å². The summed E-state index contributed by atoms with van der Waals surface area (Å²) in [6, 6.07) is 0.348. The van der Waals surface area contributed by atoms with Crippen molar-refractivity contribution in [2.75, 3.05) is 33.4 Å². The van der Waals surface area contributed by atoms with Crippen molar-refractivity contribution in [3.05, 3.63) is 22.5 Å². The monoisotopic (exact) mass is 323 g/mol. The summed E-state index contributed by atoms with van der Waals surface area (Å²) in [4.78, 5) is 27.0. The maximum Gasteiger partial charge on any atom is 0.307 e. The summed E-state index contributed by atoms with van der Waals surface area (Å²) in [7, 11) is 2.08. The van der Waals surface area contributed by atoms with E-state index in [0.717, 1.165) is 25.6 Å². The van der Waals surface area contributed by atoms with Gasteiger partial charge in [-0.25, -0.2) is 0 Å². The first-order valence-corrected chi connectivity index (χ1v) is 7.80. The Hall–Kier alpha value is -2.00. The molecule has 0 aromatic carbocycles. The van der Waals surface area contributed by atoms with Crippen molar-refractivity contribution >= 4 is 11.6 Å². The van der Waals surface area contributed by atoms with Crippen molar-refractivity contribution in [3.63, 3.8) is 0 Å². The minimum atomic E-state index is -0.515. The minimum absolute atomic E-state index is 0.0147. The molecule has 0 spiro atoms. The molecule has 2 aliphatic heterocycles. The molecule has 2 fully saturated rings. The highest BCUT2D eigenvalue weighted by Crippen LogP contribution is 2.24. The van der Waals surface area contributed by atoms with E-state index in [2.05, 4.69) is 17.0 Å². The number of nitro groups is 1. The molecule has 1 amide bonds. The summed E-state index contributed by atoms with van der Waals surface area (Å²) in [5.74, 6) is -0.0726. The van der Waals surface area contributed by atoms with Crippen molar-refractivity contribution in [3.8, 4) is 0 Å². The summed E-state index contributed by atoms with van der Waals surface area (Å²) < 4.78 is 6.90. The largest absolute Gasteiger partial charge is 0.377 e. The lowest BCUT2D eigenvalue weighted by molar-refractivity contribution is -0.385. The van der Waals surface area contributed by atoms with E-state index in [1.807, 2.05) is 4.90 Å². The van der Waals surface area contributed by atoms with Gasteiger partial charge in [-0.05, 0) is 26.4 Å². The Kier molecular flexibility index (Phi) is 4.58. The number of likely N-dealkylation sites (tertiary alicyclic amines) is 1. The zero-order chi connectivity index (χ0) is 16.4. The molecule has 0 N–H and O–H groups in total. The van der Waals surface area contributed by atoms with Crippen LogP contribution >= 0.6 is 0 Å². The number of hydrogen-bond donors (Lipinski definition) is 0. The molecule has 1 aromatic rings. The van der Waals surface area contributed by atoms with Gasteiger partial charge in [-0.2, -0.15) is 5.10 Å². The molecule has 1 aromatic heterocycles. The van der Waals surface area contributed by atoms with Crippen LogP contribution in [-0.4, -0.2) is 75.8 Å². The molecule has 0 radical (unpaired) electrons. The predicted octanol–water partition coefficient (Wildman–Crippen LogP) is 0.113. The molecule has 23 heavy (non-hydrogen) atoms. The number of rotatable bonds is 4. The summed E-state index contributed by atoms with van der Waals surface area (Å²) in [5, 5.41) is 14.6. The summed E-state index contributed by atoms with van der Waals surface area (Å²) in [6.07, 6.45) is 4.64. The number of hydrogen-bond acceptors (Lipinski definition) is 6. The lowest BCUT2D eigenvalue weighted by Crippen LogP contribution is -2.57. The minimum Gasteiger partial charge on any atom is -0.377 e. The predicted molar refractivity (Wildman–Crippen MR) is 80.9 cm³/mol. The molecule has 0 bridgehead atoms. The Morgan fingerprint density at radius 2 is 2.30 bits per heavy atom. The number of aromatic nitrogens is 2. The topological polar surface area (TPSA) is 93.7 Å². The second kappa shape index (κ2) is 6.63. The van der Waals surface area contributed by atoms with Gasteiger partial charge in [-0.15, -0.1) is 0 Å². The van der Waals surface area contributed by atoms with Gasteiger partial charge in [0, 0.05) is 12.6 Å². The van der Waals surface area contributed by atoms with Crippen LogP contribution in [0.3, 0.4) is 0 Å². The molecule has 2 atom stereocenters. The van der Waals surface area contributed by atoms with Crippen LogP contribution < -0.4 is 0 Å². The molecular formula is C14H21N5O4. The zero-order valence-electron chi connectivity index (χ0n) is 13.1. The van der Waals surface area contributed by atoms with Crippen LogP contribution in [0, 0.1) is 10.1 Å². The van der Waals surface area contributed by atoms with Crippen molar-refractivity contribution < 1.29 is 14.5 Å². The number of nitrogens with zero attached hydrogens (tertiary/aromatic N) is 5. The first kappa shape index (κ1) is 15.9. The molecule has 9 nitrogen and oxygen atoms in total. The van der Waals surface area contributed by atoms with Crippen LogP contribution in [0.25, 0.3) is 0 Å². The number of amides is 1. The number of likely N-dealkylation sites (N-methyl/N-ethyl adjacent to an activating group) is 1. The van der Waals surface area contributed by atoms with Crippen molar-refractivity contribution in [1.82, 2.24) is 19.6 Å². The molecule has 2 saturated heterocycles.